The number of rotatable bonds is 8. The van der Waals surface area contributed by atoms with E-state index in [-0.39, 0.29) is 2.85 Å². The van der Waals surface area contributed by atoms with Crippen LogP contribution < -0.4 is 0 Å². The van der Waals surface area contributed by atoms with Crippen LogP contribution in [0, 0.1) is 0 Å². The Labute approximate surface area is 235 Å². The molecule has 4 aromatic carbocycles. The first-order chi connectivity index (χ1) is 18.4. The number of benzene rings is 4. The Morgan fingerprint density at radius 2 is 0.730 bits per heavy atom. The van der Waals surface area contributed by atoms with E-state index in [0.29, 0.717) is 11.8 Å². The topological polar surface area (TPSA) is 0 Å². The molecule has 0 amide bonds. The molecule has 0 saturated heterocycles. The molecule has 0 spiro atoms. The van der Waals surface area contributed by atoms with Crippen molar-refractivity contribution in [3.05, 3.63) is 186 Å². The first-order valence-corrected chi connectivity index (χ1v) is 15.6. The van der Waals surface area contributed by atoms with Crippen LogP contribution in [0.15, 0.2) is 163 Å². The summed E-state index contributed by atoms with van der Waals surface area (Å²) in [6, 6.07) is 44.2. The minimum Gasteiger partial charge on any atom is -1.00 e. The molecule has 0 nitrogen and oxygen atoms in total. The minimum atomic E-state index is -0.966. The zero-order chi connectivity index (χ0) is 24.9. The molecule has 0 saturated carbocycles. The zero-order valence-corrected chi connectivity index (χ0v) is 23.4. The van der Waals surface area contributed by atoms with Crippen molar-refractivity contribution in [3.63, 3.8) is 0 Å². The van der Waals surface area contributed by atoms with Crippen LogP contribution in [0.1, 0.15) is 49.8 Å². The van der Waals surface area contributed by atoms with Gasteiger partial charge >= 0.3 is 234 Å². The van der Waals surface area contributed by atoms with Crippen LogP contribution in [-0.4, -0.2) is 0 Å². The maximum Gasteiger partial charge on any atom is -1.00 e. The molecule has 0 radical (unpaired) electrons. The summed E-state index contributed by atoms with van der Waals surface area (Å²) in [7, 11) is 0. The summed E-state index contributed by atoms with van der Waals surface area (Å²) in [4.78, 5) is 0. The molecule has 6 rings (SSSR count). The quantitative estimate of drug-likeness (QED) is 0.203. The molecule has 37 heavy (non-hydrogen) atoms. The molecule has 182 valence electrons. The molecule has 0 aliphatic heterocycles. The standard InChI is InChI=1S/2C18H15.Zr.2H/c2*1-3-9-15(10-4-1)18(17-13-7-8-14-17)16-11-5-2-6-12-16;;;/h2*1-7,9-13,18H,8H2;;;/q;;;2*-1. The van der Waals surface area contributed by atoms with Crippen LogP contribution in [0.2, 0.25) is 0 Å². The summed E-state index contributed by atoms with van der Waals surface area (Å²) in [6.07, 6.45) is 11.9. The van der Waals surface area contributed by atoms with Crippen molar-refractivity contribution in [1.29, 1.82) is 0 Å². The van der Waals surface area contributed by atoms with E-state index >= 15 is 0 Å². The number of allylic oxidation sites excluding steroid dienone is 8. The Balaban J connectivity index is 0.00000176. The SMILES string of the molecule is C1=CC(C(c2ccccc2)c2ccccc2)=[C]([Zr][C]2=C(C(c3ccccc3)c3ccccc3)C=CC2)C1.[H-].[H-]. The van der Waals surface area contributed by atoms with E-state index in [1.807, 2.05) is 0 Å². The average Bonchev–Trinajstić information content (AvgIpc) is 3.62. The van der Waals surface area contributed by atoms with Crippen molar-refractivity contribution in [3.8, 4) is 0 Å². The van der Waals surface area contributed by atoms with Crippen molar-refractivity contribution in [2.75, 3.05) is 0 Å². The predicted molar refractivity (Wildman–Crippen MR) is 153 cm³/mol. The summed E-state index contributed by atoms with van der Waals surface area (Å²) >= 11 is -0.966. The number of hydrogen-bond donors (Lipinski definition) is 0. The fraction of sp³-hybridized carbons (Fsp3) is 0.111. The molecule has 0 heterocycles. The van der Waals surface area contributed by atoms with Crippen molar-refractivity contribution < 1.29 is 26.1 Å². The second-order valence-electron chi connectivity index (χ2n) is 9.71. The Morgan fingerprint density at radius 3 is 1.03 bits per heavy atom. The molecule has 2 aliphatic rings. The monoisotopic (exact) mass is 554 g/mol. The molecule has 0 unspecified atom stereocenters. The van der Waals surface area contributed by atoms with E-state index in [2.05, 4.69) is 146 Å². The van der Waals surface area contributed by atoms with Crippen LogP contribution in [0.25, 0.3) is 0 Å². The van der Waals surface area contributed by atoms with Gasteiger partial charge in [-0.05, 0) is 0 Å². The van der Waals surface area contributed by atoms with Crippen molar-refractivity contribution >= 4 is 0 Å². The van der Waals surface area contributed by atoms with Crippen LogP contribution in [0.4, 0.5) is 0 Å². The zero-order valence-electron chi connectivity index (χ0n) is 22.9. The summed E-state index contributed by atoms with van der Waals surface area (Å²) in [6.45, 7) is 0. The first-order valence-electron chi connectivity index (χ1n) is 13.1. The van der Waals surface area contributed by atoms with E-state index in [4.69, 9.17) is 0 Å². The summed E-state index contributed by atoms with van der Waals surface area (Å²) in [5.41, 5.74) is 8.63. The summed E-state index contributed by atoms with van der Waals surface area (Å²) in [5.74, 6) is 0.601. The van der Waals surface area contributed by atoms with Gasteiger partial charge in [-0.2, -0.15) is 0 Å². The largest absolute Gasteiger partial charge is 1.00 e. The van der Waals surface area contributed by atoms with Gasteiger partial charge in [0.25, 0.3) is 0 Å². The fourth-order valence-electron chi connectivity index (χ4n) is 5.70. The van der Waals surface area contributed by atoms with Gasteiger partial charge in [-0.25, -0.2) is 0 Å². The van der Waals surface area contributed by atoms with Gasteiger partial charge in [0, 0.05) is 0 Å². The summed E-state index contributed by atoms with van der Waals surface area (Å²) in [5, 5.41) is 0. The van der Waals surface area contributed by atoms with Crippen molar-refractivity contribution in [1.82, 2.24) is 0 Å². The third-order valence-corrected chi connectivity index (χ3v) is 11.3. The fourth-order valence-corrected chi connectivity index (χ4v) is 9.50. The van der Waals surface area contributed by atoms with Crippen LogP contribution >= 0.6 is 0 Å². The Hall–Kier alpha value is -3.28. The normalized spacial score (nSPS) is 14.9. The molecular weight excluding hydrogens is 524 g/mol. The Bertz CT molecular complexity index is 1280. The van der Waals surface area contributed by atoms with Crippen LogP contribution in [-0.2, 0) is 23.2 Å². The molecule has 1 heteroatoms. The van der Waals surface area contributed by atoms with Gasteiger partial charge in [0.05, 0.1) is 0 Å². The second kappa shape index (κ2) is 11.4. The Kier molecular flexibility index (Phi) is 7.43. The molecule has 4 aromatic rings. The molecule has 0 atom stereocenters. The van der Waals surface area contributed by atoms with Gasteiger partial charge in [-0.3, -0.25) is 0 Å². The van der Waals surface area contributed by atoms with Crippen molar-refractivity contribution in [2.24, 2.45) is 0 Å². The van der Waals surface area contributed by atoms with Gasteiger partial charge in [-0.15, -0.1) is 0 Å². The van der Waals surface area contributed by atoms with Gasteiger partial charge in [0.2, 0.25) is 0 Å². The minimum absolute atomic E-state index is 0. The molecule has 0 N–H and O–H groups in total. The Morgan fingerprint density at radius 1 is 0.432 bits per heavy atom. The maximum absolute atomic E-state index is 2.43. The van der Waals surface area contributed by atoms with Gasteiger partial charge in [0.1, 0.15) is 0 Å². The smallest absolute Gasteiger partial charge is 1.00 e. The van der Waals surface area contributed by atoms with E-state index in [0.717, 1.165) is 12.8 Å². The van der Waals surface area contributed by atoms with E-state index in [1.54, 1.807) is 17.7 Å². The van der Waals surface area contributed by atoms with Gasteiger partial charge in [0.15, 0.2) is 0 Å². The van der Waals surface area contributed by atoms with E-state index in [9.17, 15) is 0 Å². The van der Waals surface area contributed by atoms with Gasteiger partial charge in [-0.1, -0.05) is 0 Å². The first kappa shape index (κ1) is 24.1. The molecule has 0 fully saturated rings. The average molecular weight is 556 g/mol. The molecule has 0 bridgehead atoms. The molecule has 0 aromatic heterocycles. The van der Waals surface area contributed by atoms with E-state index in [1.165, 1.54) is 22.3 Å². The molecule has 2 aliphatic carbocycles. The van der Waals surface area contributed by atoms with Crippen molar-refractivity contribution in [2.45, 2.75) is 24.7 Å². The van der Waals surface area contributed by atoms with Crippen LogP contribution in [0.3, 0.4) is 0 Å². The third kappa shape index (κ3) is 5.25. The summed E-state index contributed by atoms with van der Waals surface area (Å²) < 4.78 is 3.44. The predicted octanol–water partition coefficient (Wildman–Crippen LogP) is 9.39. The van der Waals surface area contributed by atoms with E-state index < -0.39 is 23.2 Å². The third-order valence-electron chi connectivity index (χ3n) is 7.39. The van der Waals surface area contributed by atoms with Gasteiger partial charge < -0.3 is 2.85 Å². The second-order valence-corrected chi connectivity index (χ2v) is 13.3. The maximum atomic E-state index is 2.43. The number of hydrogen-bond acceptors (Lipinski definition) is 0. The molecular formula is C36H32Zr-2. The van der Waals surface area contributed by atoms with Crippen LogP contribution in [0.5, 0.6) is 0 Å².